The van der Waals surface area contributed by atoms with Crippen molar-refractivity contribution in [1.29, 1.82) is 0 Å². The average Bonchev–Trinajstić information content (AvgIpc) is 3.16. The molecule has 1 aromatic carbocycles. The highest BCUT2D eigenvalue weighted by Gasteiger charge is 2.08. The first-order chi connectivity index (χ1) is 13.5. The maximum absolute atomic E-state index is 11.0. The molecule has 1 atom stereocenters. The van der Waals surface area contributed by atoms with Crippen LogP contribution in [0, 0.1) is 0 Å². The molecule has 1 amide bonds. The highest BCUT2D eigenvalue weighted by molar-refractivity contribution is 7.11. The van der Waals surface area contributed by atoms with E-state index in [2.05, 4.69) is 15.3 Å². The number of halogens is 1. The Bertz CT molecular complexity index is 959. The Hall–Kier alpha value is -2.90. The third-order valence-corrected chi connectivity index (χ3v) is 4.46. The van der Waals surface area contributed by atoms with E-state index in [1.54, 1.807) is 42.2 Å². The summed E-state index contributed by atoms with van der Waals surface area (Å²) in [5.41, 5.74) is 2.59. The number of rotatable bonds is 7. The summed E-state index contributed by atoms with van der Waals surface area (Å²) in [6.07, 6.45) is 7.09. The van der Waals surface area contributed by atoms with Crippen molar-refractivity contribution < 1.29 is 14.3 Å². The summed E-state index contributed by atoms with van der Waals surface area (Å²) in [5.74, 6) is 1.43. The number of benzene rings is 1. The van der Waals surface area contributed by atoms with Crippen LogP contribution in [0.1, 0.15) is 19.4 Å². The maximum Gasteiger partial charge on any atom is 0.219 e. The smallest absolute Gasteiger partial charge is 0.219 e. The van der Waals surface area contributed by atoms with E-state index < -0.39 is 0 Å². The molecule has 144 valence electrons. The van der Waals surface area contributed by atoms with Gasteiger partial charge in [-0.3, -0.25) is 4.79 Å². The van der Waals surface area contributed by atoms with Crippen molar-refractivity contribution in [2.45, 2.75) is 19.9 Å². The lowest BCUT2D eigenvalue weighted by Crippen LogP contribution is -2.28. The number of carbonyl (C=O) groups is 1. The number of hydrogen-bond donors (Lipinski definition) is 1. The van der Waals surface area contributed by atoms with Crippen LogP contribution >= 0.6 is 22.9 Å². The molecule has 0 unspecified atom stereocenters. The van der Waals surface area contributed by atoms with Gasteiger partial charge in [0, 0.05) is 31.3 Å². The summed E-state index contributed by atoms with van der Waals surface area (Å²) in [5, 5.41) is 3.88. The van der Waals surface area contributed by atoms with E-state index in [-0.39, 0.29) is 11.9 Å². The molecule has 28 heavy (non-hydrogen) atoms. The Balaban J connectivity index is 1.62. The van der Waals surface area contributed by atoms with Gasteiger partial charge in [0.1, 0.15) is 11.5 Å². The van der Waals surface area contributed by atoms with Crippen LogP contribution in [0.2, 0.25) is 5.02 Å². The minimum atomic E-state index is -0.0700. The first-order valence-corrected chi connectivity index (χ1v) is 9.70. The molecule has 0 bridgehead atoms. The number of amides is 1. The molecule has 0 radical (unpaired) electrons. The Labute approximate surface area is 171 Å². The fourth-order valence-electron chi connectivity index (χ4n) is 2.29. The second-order valence-corrected chi connectivity index (χ2v) is 7.15. The summed E-state index contributed by atoms with van der Waals surface area (Å²) < 4.78 is 11.4. The summed E-state index contributed by atoms with van der Waals surface area (Å²) in [4.78, 5) is 19.3. The quantitative estimate of drug-likeness (QED) is 0.565. The summed E-state index contributed by atoms with van der Waals surface area (Å²) in [6.45, 7) is 3.38. The number of ether oxygens (including phenoxy) is 2. The van der Waals surface area contributed by atoms with E-state index >= 15 is 0 Å². The highest BCUT2D eigenvalue weighted by atomic mass is 35.5. The largest absolute Gasteiger partial charge is 0.445 e. The molecule has 6 nitrogen and oxygen atoms in total. The van der Waals surface area contributed by atoms with E-state index in [0.29, 0.717) is 27.5 Å². The zero-order valence-corrected chi connectivity index (χ0v) is 16.8. The summed E-state index contributed by atoms with van der Waals surface area (Å²) in [6, 6.07) is 8.73. The Morgan fingerprint density at radius 3 is 2.75 bits per heavy atom. The lowest BCUT2D eigenvalue weighted by molar-refractivity contribution is -0.119. The molecular weight excluding hydrogens is 398 g/mol. The molecule has 0 saturated heterocycles. The van der Waals surface area contributed by atoms with E-state index in [9.17, 15) is 4.79 Å². The first kappa shape index (κ1) is 19.9. The van der Waals surface area contributed by atoms with Crippen LogP contribution in [-0.2, 0) is 4.79 Å². The van der Waals surface area contributed by atoms with Crippen LogP contribution in [0.25, 0.3) is 6.08 Å². The molecular formula is C20H18ClN3O3S. The van der Waals surface area contributed by atoms with Gasteiger partial charge < -0.3 is 14.8 Å². The van der Waals surface area contributed by atoms with Crippen LogP contribution in [-0.4, -0.2) is 21.9 Å². The molecule has 3 aromatic rings. The van der Waals surface area contributed by atoms with E-state index in [4.69, 9.17) is 21.1 Å². The number of aromatic nitrogens is 2. The van der Waals surface area contributed by atoms with Crippen LogP contribution in [0.5, 0.6) is 22.4 Å². The number of pyridine rings is 1. The second kappa shape index (κ2) is 9.34. The van der Waals surface area contributed by atoms with E-state index in [0.717, 1.165) is 5.56 Å². The third-order valence-electron chi connectivity index (χ3n) is 3.51. The molecule has 0 aliphatic carbocycles. The zero-order chi connectivity index (χ0) is 19.9. The molecule has 0 spiro atoms. The Morgan fingerprint density at radius 1 is 1.25 bits per heavy atom. The number of nitrogens with one attached hydrogen (secondary N) is 1. The van der Waals surface area contributed by atoms with Gasteiger partial charge in [-0.2, -0.15) is 0 Å². The van der Waals surface area contributed by atoms with Crippen molar-refractivity contribution in [3.63, 3.8) is 0 Å². The predicted octanol–water partition coefficient (Wildman–Crippen LogP) is 5.31. The fourth-order valence-corrected chi connectivity index (χ4v) is 2.99. The van der Waals surface area contributed by atoms with E-state index in [1.165, 1.54) is 18.3 Å². The first-order valence-electron chi connectivity index (χ1n) is 8.45. The highest BCUT2D eigenvalue weighted by Crippen LogP contribution is 2.34. The van der Waals surface area contributed by atoms with Gasteiger partial charge in [-0.15, -0.1) is 0 Å². The molecule has 0 saturated carbocycles. The van der Waals surface area contributed by atoms with Crippen molar-refractivity contribution in [3.05, 3.63) is 64.9 Å². The normalized spacial score (nSPS) is 12.0. The second-order valence-electron chi connectivity index (χ2n) is 5.89. The van der Waals surface area contributed by atoms with Gasteiger partial charge in [-0.1, -0.05) is 35.1 Å². The summed E-state index contributed by atoms with van der Waals surface area (Å²) in [7, 11) is 0. The van der Waals surface area contributed by atoms with Crippen molar-refractivity contribution in [2.24, 2.45) is 0 Å². The minimum Gasteiger partial charge on any atom is -0.445 e. The fraction of sp³-hybridized carbons (Fsp3) is 0.150. The number of thiazole rings is 1. The number of hydrogen-bond acceptors (Lipinski definition) is 6. The van der Waals surface area contributed by atoms with Gasteiger partial charge in [0.05, 0.1) is 16.7 Å². The van der Waals surface area contributed by atoms with Gasteiger partial charge in [-0.05, 0) is 30.7 Å². The molecule has 3 rings (SSSR count). The van der Waals surface area contributed by atoms with Crippen molar-refractivity contribution in [2.75, 3.05) is 0 Å². The van der Waals surface area contributed by atoms with Crippen molar-refractivity contribution in [3.8, 4) is 22.4 Å². The molecule has 0 fully saturated rings. The maximum atomic E-state index is 11.0. The van der Waals surface area contributed by atoms with Crippen LogP contribution in [0.4, 0.5) is 0 Å². The van der Waals surface area contributed by atoms with Gasteiger partial charge in [0.25, 0.3) is 0 Å². The lowest BCUT2D eigenvalue weighted by atomic mass is 10.2. The monoisotopic (exact) mass is 415 g/mol. The van der Waals surface area contributed by atoms with Crippen LogP contribution < -0.4 is 14.8 Å². The standard InChI is InChI=1S/C20H18ClN3O3S/c1-13(24-14(2)25)3-4-15-5-8-19(23-10-15)27-18-7-6-16(9-17(18)21)26-20-11-22-12-28-20/h3-13H,1-2H3,(H,24,25)/b4-3+/t13-/m0/s1. The van der Waals surface area contributed by atoms with Gasteiger partial charge in [0.2, 0.25) is 16.9 Å². The lowest BCUT2D eigenvalue weighted by Gasteiger charge is -2.09. The number of nitrogens with zero attached hydrogens (tertiary/aromatic N) is 2. The molecule has 2 aromatic heterocycles. The number of carbonyl (C=O) groups excluding carboxylic acids is 1. The Morgan fingerprint density at radius 2 is 2.11 bits per heavy atom. The predicted molar refractivity (Wildman–Crippen MR) is 110 cm³/mol. The minimum absolute atomic E-state index is 0.0575. The van der Waals surface area contributed by atoms with Crippen LogP contribution in [0.15, 0.2) is 54.3 Å². The zero-order valence-electron chi connectivity index (χ0n) is 15.3. The third kappa shape index (κ3) is 5.80. The molecule has 0 aliphatic heterocycles. The Kier molecular flexibility index (Phi) is 6.62. The SMILES string of the molecule is CC(=O)N[C@@H](C)/C=C/c1ccc(Oc2ccc(Oc3cncs3)cc2Cl)nc1. The molecule has 1 N–H and O–H groups in total. The molecule has 0 aliphatic rings. The average molecular weight is 416 g/mol. The summed E-state index contributed by atoms with van der Waals surface area (Å²) >= 11 is 7.68. The van der Waals surface area contributed by atoms with Gasteiger partial charge in [-0.25, -0.2) is 9.97 Å². The van der Waals surface area contributed by atoms with Crippen molar-refractivity contribution in [1.82, 2.24) is 15.3 Å². The van der Waals surface area contributed by atoms with E-state index in [1.807, 2.05) is 25.1 Å². The van der Waals surface area contributed by atoms with Gasteiger partial charge >= 0.3 is 0 Å². The van der Waals surface area contributed by atoms with Crippen LogP contribution in [0.3, 0.4) is 0 Å². The topological polar surface area (TPSA) is 73.3 Å². The van der Waals surface area contributed by atoms with Gasteiger partial charge in [0.15, 0.2) is 0 Å². The molecule has 2 heterocycles. The molecule has 8 heteroatoms. The van der Waals surface area contributed by atoms with Crippen molar-refractivity contribution >= 4 is 34.9 Å².